The standard InChI is InChI=1S/C16H23NO3/c1-11-8-10-20-15(11)16(19)17-9-4-6-13(17)12-5-2-3-7-14(12)18/h8,10,12-14,18H,2-7,9H2,1H3/t12-,13-,14+/m1/s1. The second-order valence-corrected chi connectivity index (χ2v) is 6.16. The summed E-state index contributed by atoms with van der Waals surface area (Å²) in [4.78, 5) is 14.6. The van der Waals surface area contributed by atoms with Gasteiger partial charge in [-0.3, -0.25) is 4.79 Å². The number of hydrogen-bond donors (Lipinski definition) is 1. The van der Waals surface area contributed by atoms with Crippen LogP contribution in [0.4, 0.5) is 0 Å². The number of carbonyl (C=O) groups is 1. The van der Waals surface area contributed by atoms with E-state index in [0.717, 1.165) is 44.2 Å². The largest absolute Gasteiger partial charge is 0.459 e. The molecule has 1 aliphatic heterocycles. The highest BCUT2D eigenvalue weighted by Crippen LogP contribution is 2.35. The molecule has 110 valence electrons. The highest BCUT2D eigenvalue weighted by Gasteiger charge is 2.40. The molecule has 0 radical (unpaired) electrons. The predicted molar refractivity (Wildman–Crippen MR) is 75.5 cm³/mol. The number of carbonyl (C=O) groups excluding carboxylic acids is 1. The number of furan rings is 1. The summed E-state index contributed by atoms with van der Waals surface area (Å²) in [6.07, 6.45) is 7.54. The molecule has 1 N–H and O–H groups in total. The minimum absolute atomic E-state index is 0.00669. The molecule has 4 nitrogen and oxygen atoms in total. The van der Waals surface area contributed by atoms with E-state index in [1.54, 1.807) is 6.26 Å². The lowest BCUT2D eigenvalue weighted by molar-refractivity contribution is 0.0199. The Balaban J connectivity index is 1.78. The summed E-state index contributed by atoms with van der Waals surface area (Å²) < 4.78 is 5.35. The molecule has 20 heavy (non-hydrogen) atoms. The molecule has 1 amide bonds. The van der Waals surface area contributed by atoms with E-state index in [1.807, 2.05) is 17.9 Å². The summed E-state index contributed by atoms with van der Waals surface area (Å²) in [5, 5.41) is 10.3. The Labute approximate surface area is 119 Å². The van der Waals surface area contributed by atoms with Crippen molar-refractivity contribution in [1.29, 1.82) is 0 Å². The molecule has 0 spiro atoms. The van der Waals surface area contributed by atoms with E-state index in [0.29, 0.717) is 5.76 Å². The molecule has 1 saturated heterocycles. The fraction of sp³-hybridized carbons (Fsp3) is 0.688. The third-order valence-corrected chi connectivity index (χ3v) is 4.89. The topological polar surface area (TPSA) is 53.7 Å². The van der Waals surface area contributed by atoms with Crippen molar-refractivity contribution in [2.24, 2.45) is 5.92 Å². The summed E-state index contributed by atoms with van der Waals surface area (Å²) in [5.74, 6) is 0.695. The number of hydrogen-bond acceptors (Lipinski definition) is 3. The van der Waals surface area contributed by atoms with Crippen LogP contribution in [0.25, 0.3) is 0 Å². The average molecular weight is 277 g/mol. The van der Waals surface area contributed by atoms with Crippen molar-refractivity contribution in [1.82, 2.24) is 4.90 Å². The fourth-order valence-electron chi connectivity index (χ4n) is 3.80. The third kappa shape index (κ3) is 2.37. The summed E-state index contributed by atoms with van der Waals surface area (Å²) in [7, 11) is 0. The molecule has 0 aromatic carbocycles. The van der Waals surface area contributed by atoms with Gasteiger partial charge in [-0.25, -0.2) is 0 Å². The molecule has 0 unspecified atom stereocenters. The van der Waals surface area contributed by atoms with Crippen molar-refractivity contribution >= 4 is 5.91 Å². The first-order valence-corrected chi connectivity index (χ1v) is 7.71. The number of aliphatic hydroxyl groups excluding tert-OH is 1. The van der Waals surface area contributed by atoms with Crippen LogP contribution >= 0.6 is 0 Å². The number of likely N-dealkylation sites (tertiary alicyclic amines) is 1. The van der Waals surface area contributed by atoms with E-state index in [9.17, 15) is 9.90 Å². The van der Waals surface area contributed by atoms with E-state index >= 15 is 0 Å². The first-order valence-electron chi connectivity index (χ1n) is 7.71. The van der Waals surface area contributed by atoms with Gasteiger partial charge in [0.15, 0.2) is 5.76 Å². The van der Waals surface area contributed by atoms with Crippen LogP contribution in [0.15, 0.2) is 16.7 Å². The second-order valence-electron chi connectivity index (χ2n) is 6.16. The maximum absolute atomic E-state index is 12.6. The first kappa shape index (κ1) is 13.7. The van der Waals surface area contributed by atoms with Gasteiger partial charge in [0.25, 0.3) is 5.91 Å². The molecule has 1 saturated carbocycles. The van der Waals surface area contributed by atoms with Gasteiger partial charge < -0.3 is 14.4 Å². The Morgan fingerprint density at radius 3 is 2.80 bits per heavy atom. The molecule has 0 bridgehead atoms. The van der Waals surface area contributed by atoms with Gasteiger partial charge in [0.05, 0.1) is 12.4 Å². The quantitative estimate of drug-likeness (QED) is 0.904. The van der Waals surface area contributed by atoms with Crippen LogP contribution in [0.1, 0.15) is 54.6 Å². The Hall–Kier alpha value is -1.29. The Kier molecular flexibility index (Phi) is 3.83. The van der Waals surface area contributed by atoms with Gasteiger partial charge in [-0.15, -0.1) is 0 Å². The Morgan fingerprint density at radius 1 is 1.30 bits per heavy atom. The fourth-order valence-corrected chi connectivity index (χ4v) is 3.80. The van der Waals surface area contributed by atoms with Gasteiger partial charge >= 0.3 is 0 Å². The number of aliphatic hydroxyl groups is 1. The van der Waals surface area contributed by atoms with Crippen LogP contribution < -0.4 is 0 Å². The van der Waals surface area contributed by atoms with Crippen LogP contribution in [0, 0.1) is 12.8 Å². The maximum atomic E-state index is 12.6. The predicted octanol–water partition coefficient (Wildman–Crippen LogP) is 2.74. The third-order valence-electron chi connectivity index (χ3n) is 4.89. The van der Waals surface area contributed by atoms with E-state index in [4.69, 9.17) is 4.42 Å². The molecular formula is C16H23NO3. The molecular weight excluding hydrogens is 254 g/mol. The molecule has 4 heteroatoms. The van der Waals surface area contributed by atoms with Crippen LogP contribution in [-0.4, -0.2) is 34.6 Å². The lowest BCUT2D eigenvalue weighted by Gasteiger charge is -2.37. The molecule has 3 rings (SSSR count). The number of nitrogens with zero attached hydrogens (tertiary/aromatic N) is 1. The zero-order chi connectivity index (χ0) is 14.1. The second kappa shape index (κ2) is 5.60. The van der Waals surface area contributed by atoms with Crippen molar-refractivity contribution in [3.63, 3.8) is 0 Å². The van der Waals surface area contributed by atoms with Gasteiger partial charge in [-0.1, -0.05) is 12.8 Å². The van der Waals surface area contributed by atoms with Crippen LogP contribution in [0.3, 0.4) is 0 Å². The minimum Gasteiger partial charge on any atom is -0.459 e. The highest BCUT2D eigenvalue weighted by molar-refractivity contribution is 5.93. The van der Waals surface area contributed by atoms with Gasteiger partial charge in [-0.2, -0.15) is 0 Å². The summed E-state index contributed by atoms with van der Waals surface area (Å²) in [6.45, 7) is 2.68. The van der Waals surface area contributed by atoms with Crippen molar-refractivity contribution in [3.8, 4) is 0 Å². The molecule has 2 heterocycles. The van der Waals surface area contributed by atoms with Crippen LogP contribution in [0.5, 0.6) is 0 Å². The number of amides is 1. The number of rotatable bonds is 2. The van der Waals surface area contributed by atoms with Gasteiger partial charge in [-0.05, 0) is 38.7 Å². The van der Waals surface area contributed by atoms with E-state index in [2.05, 4.69) is 0 Å². The zero-order valence-electron chi connectivity index (χ0n) is 12.0. The summed E-state index contributed by atoms with van der Waals surface area (Å²) in [5.41, 5.74) is 0.893. The van der Waals surface area contributed by atoms with Crippen LogP contribution in [-0.2, 0) is 0 Å². The molecule has 1 aliphatic carbocycles. The van der Waals surface area contributed by atoms with E-state index < -0.39 is 0 Å². The van der Waals surface area contributed by atoms with Gasteiger partial charge in [0, 0.05) is 24.1 Å². The molecule has 2 fully saturated rings. The molecule has 1 aromatic rings. The van der Waals surface area contributed by atoms with E-state index in [-0.39, 0.29) is 24.0 Å². The SMILES string of the molecule is Cc1ccoc1C(=O)N1CCC[C@@H]1[C@H]1CCCC[C@@H]1O. The van der Waals surface area contributed by atoms with Crippen molar-refractivity contribution in [3.05, 3.63) is 23.7 Å². The lowest BCUT2D eigenvalue weighted by Crippen LogP contribution is -2.45. The average Bonchev–Trinajstić information content (AvgIpc) is 3.07. The van der Waals surface area contributed by atoms with Crippen molar-refractivity contribution in [2.45, 2.75) is 57.6 Å². The normalized spacial score (nSPS) is 30.7. The molecule has 2 aliphatic rings. The number of aryl methyl sites for hydroxylation is 1. The maximum Gasteiger partial charge on any atom is 0.290 e. The summed E-state index contributed by atoms with van der Waals surface area (Å²) >= 11 is 0. The summed E-state index contributed by atoms with van der Waals surface area (Å²) in [6, 6.07) is 2.01. The smallest absolute Gasteiger partial charge is 0.290 e. The Bertz CT molecular complexity index is 482. The monoisotopic (exact) mass is 277 g/mol. The van der Waals surface area contributed by atoms with E-state index in [1.165, 1.54) is 6.42 Å². The molecule has 3 atom stereocenters. The zero-order valence-corrected chi connectivity index (χ0v) is 12.0. The Morgan fingerprint density at radius 2 is 2.10 bits per heavy atom. The molecule has 1 aromatic heterocycles. The lowest BCUT2D eigenvalue weighted by atomic mass is 9.80. The first-order chi connectivity index (χ1) is 9.68. The highest BCUT2D eigenvalue weighted by atomic mass is 16.3. The van der Waals surface area contributed by atoms with Gasteiger partial charge in [0.2, 0.25) is 0 Å². The van der Waals surface area contributed by atoms with Crippen molar-refractivity contribution in [2.75, 3.05) is 6.54 Å². The van der Waals surface area contributed by atoms with Crippen LogP contribution in [0.2, 0.25) is 0 Å². The van der Waals surface area contributed by atoms with Gasteiger partial charge in [0.1, 0.15) is 0 Å². The minimum atomic E-state index is -0.250. The van der Waals surface area contributed by atoms with Crippen molar-refractivity contribution < 1.29 is 14.3 Å².